The quantitative estimate of drug-likeness (QED) is 0.137. The molecule has 36 heavy (non-hydrogen) atoms. The summed E-state index contributed by atoms with van der Waals surface area (Å²) in [7, 11) is 0.500. The number of nitrogens with zero attached hydrogens (tertiary/aromatic N) is 1. The molecule has 16 heteroatoms. The number of carbonyl (C=O) groups is 3. The van der Waals surface area contributed by atoms with E-state index in [2.05, 4.69) is 0 Å². The van der Waals surface area contributed by atoms with Crippen LogP contribution in [0.1, 0.15) is 20.1 Å². The van der Waals surface area contributed by atoms with Crippen molar-refractivity contribution in [3.8, 4) is 5.75 Å². The van der Waals surface area contributed by atoms with Crippen molar-refractivity contribution in [2.75, 3.05) is 18.8 Å². The van der Waals surface area contributed by atoms with Gasteiger partial charge < -0.3 is 20.7 Å². The molecular formula is C20H20F5N3O6S2. The average Bonchev–Trinajstić information content (AvgIpc) is 3.46. The largest absolute Gasteiger partial charge is 0.490 e. The van der Waals surface area contributed by atoms with E-state index in [4.69, 9.17) is 25.8 Å². The lowest BCUT2D eigenvalue weighted by Crippen LogP contribution is -2.36. The molecule has 198 valence electrons. The van der Waals surface area contributed by atoms with Crippen molar-refractivity contribution in [3.63, 3.8) is 0 Å². The fourth-order valence-electron chi connectivity index (χ4n) is 2.53. The van der Waals surface area contributed by atoms with Crippen LogP contribution in [0.4, 0.5) is 22.0 Å². The first-order valence-electron chi connectivity index (χ1n) is 9.47. The van der Waals surface area contributed by atoms with E-state index in [0.717, 1.165) is 10.9 Å². The number of benzene rings is 1. The molecule has 1 aliphatic heterocycles. The third-order valence-electron chi connectivity index (χ3n) is 4.17. The number of nitrogen functional groups attached to an aromatic ring is 1. The van der Waals surface area contributed by atoms with Gasteiger partial charge in [0.25, 0.3) is 0 Å². The van der Waals surface area contributed by atoms with Gasteiger partial charge in [0.2, 0.25) is 0 Å². The Morgan fingerprint density at radius 1 is 1.19 bits per heavy atom. The SMILES string of the molecule is CF.N=C(N)c1ccc(OC(=O)c2ccc(CN3CSC[C@H]3C(=O)O)s2)c(F)c1.O=C(O)C(F)(F)F. The number of aliphatic carboxylic acids is 2. The molecule has 0 amide bonds. The van der Waals surface area contributed by atoms with E-state index in [1.165, 1.54) is 23.5 Å². The summed E-state index contributed by atoms with van der Waals surface area (Å²) in [5.74, 6) is -4.49. The van der Waals surface area contributed by atoms with E-state index in [1.807, 2.05) is 4.90 Å². The highest BCUT2D eigenvalue weighted by molar-refractivity contribution is 7.99. The minimum atomic E-state index is -5.08. The Hall–Kier alpha value is -3.24. The molecule has 1 saturated heterocycles. The maximum Gasteiger partial charge on any atom is 0.490 e. The Morgan fingerprint density at radius 2 is 1.81 bits per heavy atom. The van der Waals surface area contributed by atoms with E-state index in [9.17, 15) is 36.6 Å². The zero-order valence-corrected chi connectivity index (χ0v) is 20.0. The third-order valence-corrected chi connectivity index (χ3v) is 6.28. The van der Waals surface area contributed by atoms with Gasteiger partial charge in [-0.3, -0.25) is 19.5 Å². The van der Waals surface area contributed by atoms with E-state index in [-0.39, 0.29) is 17.1 Å². The number of thiophene rings is 1. The summed E-state index contributed by atoms with van der Waals surface area (Å²) in [5.41, 5.74) is 5.49. The molecule has 0 saturated carbocycles. The molecule has 1 fully saturated rings. The van der Waals surface area contributed by atoms with Crippen LogP contribution < -0.4 is 10.5 Å². The van der Waals surface area contributed by atoms with Crippen molar-refractivity contribution >= 4 is 46.8 Å². The van der Waals surface area contributed by atoms with Crippen LogP contribution in [-0.4, -0.2) is 69.9 Å². The maximum absolute atomic E-state index is 14.0. The van der Waals surface area contributed by atoms with Crippen molar-refractivity contribution in [1.29, 1.82) is 5.41 Å². The molecule has 2 aromatic rings. The van der Waals surface area contributed by atoms with E-state index in [1.54, 1.807) is 23.9 Å². The molecule has 1 atom stereocenters. The zero-order valence-electron chi connectivity index (χ0n) is 18.3. The lowest BCUT2D eigenvalue weighted by Gasteiger charge is -2.18. The lowest BCUT2D eigenvalue weighted by atomic mass is 10.2. The number of alkyl halides is 4. The predicted molar refractivity (Wildman–Crippen MR) is 122 cm³/mol. The predicted octanol–water partition coefficient (Wildman–Crippen LogP) is 3.57. The molecule has 3 rings (SSSR count). The molecule has 1 aliphatic rings. The number of carboxylic acid groups (broad SMARTS) is 2. The number of esters is 1. The van der Waals surface area contributed by atoms with E-state index < -0.39 is 35.9 Å². The summed E-state index contributed by atoms with van der Waals surface area (Å²) >= 11 is 2.73. The molecule has 0 radical (unpaired) electrons. The summed E-state index contributed by atoms with van der Waals surface area (Å²) < 4.78 is 60.3. The van der Waals surface area contributed by atoms with Crippen LogP contribution in [0, 0.1) is 11.2 Å². The summed E-state index contributed by atoms with van der Waals surface area (Å²) in [4.78, 5) is 35.3. The highest BCUT2D eigenvalue weighted by Crippen LogP contribution is 2.27. The molecule has 0 aliphatic carbocycles. The Bertz CT molecular complexity index is 1100. The highest BCUT2D eigenvalue weighted by atomic mass is 32.2. The minimum Gasteiger partial charge on any atom is -0.480 e. The molecule has 0 spiro atoms. The number of ether oxygens (including phenoxy) is 1. The van der Waals surface area contributed by atoms with Crippen LogP contribution in [-0.2, 0) is 16.1 Å². The van der Waals surface area contributed by atoms with Crippen LogP contribution in [0.2, 0.25) is 0 Å². The van der Waals surface area contributed by atoms with Crippen LogP contribution >= 0.6 is 23.1 Å². The number of amidine groups is 1. The van der Waals surface area contributed by atoms with Crippen molar-refractivity contribution in [3.05, 3.63) is 51.5 Å². The summed E-state index contributed by atoms with van der Waals surface area (Å²) in [6, 6.07) is 6.44. The summed E-state index contributed by atoms with van der Waals surface area (Å²) in [6.45, 7) is 0.420. The third kappa shape index (κ3) is 9.09. The molecule has 5 N–H and O–H groups in total. The van der Waals surface area contributed by atoms with Gasteiger partial charge in [-0.15, -0.1) is 23.1 Å². The number of carboxylic acids is 2. The van der Waals surface area contributed by atoms with Crippen molar-refractivity contribution < 1.29 is 51.3 Å². The van der Waals surface area contributed by atoms with Crippen molar-refractivity contribution in [1.82, 2.24) is 4.90 Å². The number of hydrogen-bond donors (Lipinski definition) is 4. The summed E-state index contributed by atoms with van der Waals surface area (Å²) in [6.07, 6.45) is -5.08. The number of nitrogens with one attached hydrogen (secondary N) is 1. The fraction of sp³-hybridized carbons (Fsp3) is 0.300. The van der Waals surface area contributed by atoms with Crippen molar-refractivity contribution in [2.45, 2.75) is 18.8 Å². The lowest BCUT2D eigenvalue weighted by molar-refractivity contribution is -0.192. The zero-order chi connectivity index (χ0) is 27.6. The van der Waals surface area contributed by atoms with Crippen LogP contribution in [0.5, 0.6) is 5.75 Å². The van der Waals surface area contributed by atoms with Gasteiger partial charge in [0, 0.05) is 28.6 Å². The molecule has 9 nitrogen and oxygen atoms in total. The second-order valence-electron chi connectivity index (χ2n) is 6.62. The number of carbonyl (C=O) groups excluding carboxylic acids is 1. The Balaban J connectivity index is 0.000000623. The minimum absolute atomic E-state index is 0.196. The van der Waals surface area contributed by atoms with Gasteiger partial charge in [-0.05, 0) is 30.3 Å². The van der Waals surface area contributed by atoms with Gasteiger partial charge in [0.1, 0.15) is 16.8 Å². The number of nitrogens with two attached hydrogens (primary N) is 1. The normalized spacial score (nSPS) is 15.1. The molecular weight excluding hydrogens is 537 g/mol. The highest BCUT2D eigenvalue weighted by Gasteiger charge is 2.38. The second-order valence-corrected chi connectivity index (χ2v) is 8.79. The van der Waals surface area contributed by atoms with Gasteiger partial charge in [-0.25, -0.2) is 14.0 Å². The monoisotopic (exact) mass is 557 g/mol. The standard InChI is InChI=1S/C17H16FN3O4S2.C2HF3O2.CH3F/c18-11-5-9(15(19)20)1-3-13(11)25-17(24)14-4-2-10(27-14)6-21-8-26-7-12(21)16(22)23;3-2(4,5)1(6)7;1-2/h1-5,12H,6-8H2,(H3,19,20)(H,22,23);(H,6,7);1H3/t12-;;/m0../s1. The first-order chi connectivity index (χ1) is 16.8. The second kappa shape index (κ2) is 13.7. The molecule has 0 unspecified atom stereocenters. The topological polar surface area (TPSA) is 154 Å². The van der Waals surface area contributed by atoms with Gasteiger partial charge in [-0.2, -0.15) is 13.2 Å². The first-order valence-corrected chi connectivity index (χ1v) is 11.4. The van der Waals surface area contributed by atoms with Crippen LogP contribution in [0.25, 0.3) is 0 Å². The van der Waals surface area contributed by atoms with Gasteiger partial charge >= 0.3 is 24.1 Å². The first kappa shape index (κ1) is 30.8. The van der Waals surface area contributed by atoms with Crippen LogP contribution in [0.15, 0.2) is 30.3 Å². The Kier molecular flexibility index (Phi) is 11.8. The maximum atomic E-state index is 14.0. The molecule has 1 aromatic carbocycles. The van der Waals surface area contributed by atoms with Gasteiger partial charge in [0.15, 0.2) is 11.6 Å². The van der Waals surface area contributed by atoms with Crippen LogP contribution in [0.3, 0.4) is 0 Å². The number of rotatable bonds is 6. The number of hydrogen-bond acceptors (Lipinski definition) is 8. The molecule has 2 heterocycles. The number of halogens is 5. The van der Waals surface area contributed by atoms with E-state index in [0.29, 0.717) is 30.2 Å². The Morgan fingerprint density at radius 3 is 2.31 bits per heavy atom. The molecule has 0 bridgehead atoms. The smallest absolute Gasteiger partial charge is 0.480 e. The van der Waals surface area contributed by atoms with Gasteiger partial charge in [0.05, 0.1) is 7.18 Å². The van der Waals surface area contributed by atoms with Crippen molar-refractivity contribution in [2.24, 2.45) is 5.73 Å². The summed E-state index contributed by atoms with van der Waals surface area (Å²) in [5, 5.41) is 23.6. The Labute approximate surface area is 209 Å². The fourth-order valence-corrected chi connectivity index (χ4v) is 4.63. The van der Waals surface area contributed by atoms with Gasteiger partial charge in [-0.1, -0.05) is 0 Å². The average molecular weight is 558 g/mol. The number of thioether (sulfide) groups is 1. The van der Waals surface area contributed by atoms with E-state index >= 15 is 0 Å². The molecule has 1 aromatic heterocycles.